The molecule has 0 bridgehead atoms. The molecule has 322 valence electrons. The van der Waals surface area contributed by atoms with Gasteiger partial charge in [-0.15, -0.1) is 0 Å². The highest BCUT2D eigenvalue weighted by molar-refractivity contribution is 5.91. The molecule has 11 aromatic carbocycles. The van der Waals surface area contributed by atoms with Crippen molar-refractivity contribution in [2.45, 2.75) is 0 Å². The first-order valence-corrected chi connectivity index (χ1v) is 23.2. The molecule has 0 unspecified atom stereocenters. The first kappa shape index (κ1) is 41.7. The topological polar surface area (TPSA) is 6.48 Å². The molecule has 0 heterocycles. The van der Waals surface area contributed by atoms with Crippen LogP contribution in [0.15, 0.2) is 291 Å². The lowest BCUT2D eigenvalue weighted by Gasteiger charge is -2.27. The summed E-state index contributed by atoms with van der Waals surface area (Å²) in [6.07, 6.45) is 0. The number of hydrogen-bond acceptors (Lipinski definition) is 2. The fourth-order valence-electron chi connectivity index (χ4n) is 9.22. The number of rotatable bonds is 12. The Bertz CT molecular complexity index is 3370. The van der Waals surface area contributed by atoms with Gasteiger partial charge in [-0.05, 0) is 146 Å². The summed E-state index contributed by atoms with van der Waals surface area (Å²) >= 11 is 0. The SMILES string of the molecule is c1ccc(-c2ccc(N(c3ccccc3)c3ccc(-c4ccc(-c5ccc(N(c6ccccc6)c6ccc(-c7ccccc7)cc6)cc5-c5cccc(-c6ccccc6)c5)cc4)cc3)cc2)cc1. The van der Waals surface area contributed by atoms with Crippen molar-refractivity contribution in [1.29, 1.82) is 0 Å². The van der Waals surface area contributed by atoms with E-state index in [4.69, 9.17) is 0 Å². The van der Waals surface area contributed by atoms with E-state index in [2.05, 4.69) is 301 Å². The molecule has 11 aromatic rings. The molecule has 68 heavy (non-hydrogen) atoms. The quantitative estimate of drug-likeness (QED) is 0.121. The molecule has 0 fully saturated rings. The highest BCUT2D eigenvalue weighted by Gasteiger charge is 2.18. The minimum atomic E-state index is 1.08. The molecule has 2 nitrogen and oxygen atoms in total. The summed E-state index contributed by atoms with van der Waals surface area (Å²) in [6.45, 7) is 0. The summed E-state index contributed by atoms with van der Waals surface area (Å²) in [5.74, 6) is 0. The lowest BCUT2D eigenvalue weighted by Crippen LogP contribution is -2.10. The zero-order chi connectivity index (χ0) is 45.5. The van der Waals surface area contributed by atoms with Crippen LogP contribution in [0.3, 0.4) is 0 Å². The van der Waals surface area contributed by atoms with Crippen LogP contribution in [0.1, 0.15) is 0 Å². The molecule has 0 aliphatic carbocycles. The summed E-state index contributed by atoms with van der Waals surface area (Å²) < 4.78 is 0. The molecule has 0 aliphatic rings. The minimum Gasteiger partial charge on any atom is -0.311 e. The molecule has 2 heteroatoms. The molecule has 11 rings (SSSR count). The van der Waals surface area contributed by atoms with Gasteiger partial charge in [-0.25, -0.2) is 0 Å². The first-order valence-electron chi connectivity index (χ1n) is 23.2. The Balaban J connectivity index is 0.946. The van der Waals surface area contributed by atoms with Crippen LogP contribution in [0.2, 0.25) is 0 Å². The summed E-state index contributed by atoms with van der Waals surface area (Å²) in [5, 5.41) is 0. The van der Waals surface area contributed by atoms with Gasteiger partial charge in [0.15, 0.2) is 0 Å². The van der Waals surface area contributed by atoms with Crippen molar-refractivity contribution < 1.29 is 0 Å². The third-order valence-electron chi connectivity index (χ3n) is 12.7. The molecule has 0 saturated carbocycles. The average Bonchev–Trinajstić information content (AvgIpc) is 3.43. The number of anilines is 6. The van der Waals surface area contributed by atoms with Crippen LogP contribution in [0, 0.1) is 0 Å². The van der Waals surface area contributed by atoms with Crippen LogP contribution in [-0.4, -0.2) is 0 Å². The summed E-state index contributed by atoms with van der Waals surface area (Å²) in [5.41, 5.74) is 20.8. The molecule has 0 N–H and O–H groups in total. The number of benzene rings is 11. The Kier molecular flexibility index (Phi) is 11.8. The summed E-state index contributed by atoms with van der Waals surface area (Å²) in [4.78, 5) is 4.67. The van der Waals surface area contributed by atoms with Crippen LogP contribution < -0.4 is 9.80 Å². The molecular weight excluding hydrogens is 821 g/mol. The Morgan fingerprint density at radius 2 is 0.426 bits per heavy atom. The van der Waals surface area contributed by atoms with Gasteiger partial charge in [-0.2, -0.15) is 0 Å². The third-order valence-corrected chi connectivity index (χ3v) is 12.7. The van der Waals surface area contributed by atoms with E-state index < -0.39 is 0 Å². The molecule has 0 aromatic heterocycles. The van der Waals surface area contributed by atoms with E-state index in [0.717, 1.165) is 61.9 Å². The van der Waals surface area contributed by atoms with Crippen LogP contribution in [0.5, 0.6) is 0 Å². The minimum absolute atomic E-state index is 1.08. The van der Waals surface area contributed by atoms with E-state index in [-0.39, 0.29) is 0 Å². The van der Waals surface area contributed by atoms with Crippen LogP contribution in [0.25, 0.3) is 66.8 Å². The van der Waals surface area contributed by atoms with Gasteiger partial charge >= 0.3 is 0 Å². The second-order valence-corrected chi connectivity index (χ2v) is 17.0. The molecule has 0 spiro atoms. The molecular formula is C66H48N2. The van der Waals surface area contributed by atoms with Crippen molar-refractivity contribution in [3.8, 4) is 66.8 Å². The Morgan fingerprint density at radius 1 is 0.147 bits per heavy atom. The van der Waals surface area contributed by atoms with Crippen molar-refractivity contribution in [3.05, 3.63) is 291 Å². The number of para-hydroxylation sites is 2. The predicted octanol–water partition coefficient (Wildman–Crippen LogP) is 18.6. The van der Waals surface area contributed by atoms with Gasteiger partial charge < -0.3 is 9.80 Å². The van der Waals surface area contributed by atoms with Gasteiger partial charge in [-0.1, -0.05) is 212 Å². The van der Waals surface area contributed by atoms with Crippen molar-refractivity contribution in [2.24, 2.45) is 0 Å². The first-order chi connectivity index (χ1) is 33.7. The predicted molar refractivity (Wildman–Crippen MR) is 288 cm³/mol. The van der Waals surface area contributed by atoms with Crippen molar-refractivity contribution in [1.82, 2.24) is 0 Å². The fourth-order valence-corrected chi connectivity index (χ4v) is 9.22. The largest absolute Gasteiger partial charge is 0.311 e. The highest BCUT2D eigenvalue weighted by Crippen LogP contribution is 2.43. The Morgan fingerprint density at radius 3 is 0.853 bits per heavy atom. The van der Waals surface area contributed by atoms with Gasteiger partial charge in [-0.3, -0.25) is 0 Å². The van der Waals surface area contributed by atoms with Crippen LogP contribution in [0.4, 0.5) is 34.1 Å². The standard InChI is InChI=1S/C66H48N2/c1-6-17-49(18-7-1)53-33-39-61(40-34-53)67(59-25-12-4-13-26-59)62-41-37-55(38-42-62)52-29-31-56(32-30-52)65-46-45-64(48-66(65)58-24-16-23-57(47-58)51-21-10-3-11-22-51)68(60-27-14-5-15-28-60)63-43-35-54(36-44-63)50-19-8-2-9-20-50/h1-48H. The maximum absolute atomic E-state index is 2.36. The lowest BCUT2D eigenvalue weighted by atomic mass is 9.91. The molecule has 0 radical (unpaired) electrons. The normalized spacial score (nSPS) is 10.9. The van der Waals surface area contributed by atoms with E-state index in [1.54, 1.807) is 0 Å². The van der Waals surface area contributed by atoms with Gasteiger partial charge in [0.2, 0.25) is 0 Å². The molecule has 0 saturated heterocycles. The van der Waals surface area contributed by atoms with E-state index in [9.17, 15) is 0 Å². The van der Waals surface area contributed by atoms with Gasteiger partial charge in [0.1, 0.15) is 0 Å². The van der Waals surface area contributed by atoms with Gasteiger partial charge in [0.05, 0.1) is 0 Å². The van der Waals surface area contributed by atoms with Gasteiger partial charge in [0.25, 0.3) is 0 Å². The van der Waals surface area contributed by atoms with E-state index in [1.807, 2.05) is 0 Å². The van der Waals surface area contributed by atoms with Crippen molar-refractivity contribution >= 4 is 34.1 Å². The maximum Gasteiger partial charge on any atom is 0.0468 e. The Labute approximate surface area is 400 Å². The molecule has 0 amide bonds. The third kappa shape index (κ3) is 8.87. The van der Waals surface area contributed by atoms with Crippen molar-refractivity contribution in [2.75, 3.05) is 9.80 Å². The van der Waals surface area contributed by atoms with Crippen molar-refractivity contribution in [3.63, 3.8) is 0 Å². The van der Waals surface area contributed by atoms with E-state index in [1.165, 1.54) is 38.9 Å². The fraction of sp³-hybridized carbons (Fsp3) is 0. The van der Waals surface area contributed by atoms with E-state index in [0.29, 0.717) is 0 Å². The number of hydrogen-bond donors (Lipinski definition) is 0. The average molecular weight is 869 g/mol. The summed E-state index contributed by atoms with van der Waals surface area (Å²) in [6, 6.07) is 105. The second kappa shape index (κ2) is 19.2. The zero-order valence-electron chi connectivity index (χ0n) is 37.6. The van der Waals surface area contributed by atoms with Crippen LogP contribution >= 0.6 is 0 Å². The molecule has 0 atom stereocenters. The second-order valence-electron chi connectivity index (χ2n) is 17.0. The van der Waals surface area contributed by atoms with Crippen LogP contribution in [-0.2, 0) is 0 Å². The van der Waals surface area contributed by atoms with E-state index >= 15 is 0 Å². The van der Waals surface area contributed by atoms with Gasteiger partial charge in [0, 0.05) is 34.1 Å². The summed E-state index contributed by atoms with van der Waals surface area (Å²) in [7, 11) is 0. The molecule has 0 aliphatic heterocycles. The Hall–Kier alpha value is -8.98. The maximum atomic E-state index is 2.36. The number of nitrogens with zero attached hydrogens (tertiary/aromatic N) is 2. The zero-order valence-corrected chi connectivity index (χ0v) is 37.6. The lowest BCUT2D eigenvalue weighted by molar-refractivity contribution is 1.28. The smallest absolute Gasteiger partial charge is 0.0468 e. The monoisotopic (exact) mass is 868 g/mol. The highest BCUT2D eigenvalue weighted by atomic mass is 15.1.